The van der Waals surface area contributed by atoms with Crippen molar-refractivity contribution in [2.24, 2.45) is 0 Å². The molecular weight excluding hydrogens is 368 g/mol. The Balaban J connectivity index is 2.08. The molecule has 0 saturated carbocycles. The lowest BCUT2D eigenvalue weighted by molar-refractivity contribution is -0.124. The van der Waals surface area contributed by atoms with Gasteiger partial charge in [-0.2, -0.15) is 0 Å². The van der Waals surface area contributed by atoms with Gasteiger partial charge in [0.05, 0.1) is 0 Å². The van der Waals surface area contributed by atoms with E-state index in [0.717, 1.165) is 10.0 Å². The maximum Gasteiger partial charge on any atom is 0.271 e. The van der Waals surface area contributed by atoms with Crippen molar-refractivity contribution in [3.05, 3.63) is 78.6 Å². The molecule has 1 amide bonds. The largest absolute Gasteiger partial charge is 0.506 e. The van der Waals surface area contributed by atoms with Gasteiger partial charge in [0.25, 0.3) is 15.9 Å². The topological polar surface area (TPSA) is 109 Å². The summed E-state index contributed by atoms with van der Waals surface area (Å²) < 4.78 is 27.2. The Morgan fingerprint density at radius 3 is 2.48 bits per heavy atom. The van der Waals surface area contributed by atoms with Crippen molar-refractivity contribution in [3.63, 3.8) is 0 Å². The van der Waals surface area contributed by atoms with E-state index in [1.165, 1.54) is 36.1 Å². The first-order valence-electron chi connectivity index (χ1n) is 7.86. The minimum Gasteiger partial charge on any atom is -0.506 e. The summed E-state index contributed by atoms with van der Waals surface area (Å²) in [5, 5.41) is 18.8. The summed E-state index contributed by atoms with van der Waals surface area (Å²) in [6.07, 6.45) is 5.02. The zero-order chi connectivity index (χ0) is 19.4. The first-order valence-corrected chi connectivity index (χ1v) is 9.30. The van der Waals surface area contributed by atoms with Crippen molar-refractivity contribution in [2.75, 3.05) is 0 Å². The molecule has 0 radical (unpaired) electrons. The first kappa shape index (κ1) is 18.4. The van der Waals surface area contributed by atoms with Gasteiger partial charge in [-0.1, -0.05) is 42.5 Å². The summed E-state index contributed by atoms with van der Waals surface area (Å²) in [5.41, 5.74) is 2.90. The van der Waals surface area contributed by atoms with Crippen LogP contribution in [0.15, 0.2) is 78.0 Å². The third kappa shape index (κ3) is 3.76. The fourth-order valence-electron chi connectivity index (χ4n) is 2.60. The second-order valence-electron chi connectivity index (χ2n) is 5.61. The molecule has 0 aliphatic heterocycles. The van der Waals surface area contributed by atoms with Crippen molar-refractivity contribution in [3.8, 4) is 16.9 Å². The molecule has 0 fully saturated rings. The molecule has 0 spiro atoms. The smallest absolute Gasteiger partial charge is 0.271 e. The van der Waals surface area contributed by atoms with Crippen molar-refractivity contribution in [2.45, 2.75) is 4.90 Å². The van der Waals surface area contributed by atoms with E-state index in [2.05, 4.69) is 0 Å². The van der Waals surface area contributed by atoms with Gasteiger partial charge in [-0.15, -0.1) is 0 Å². The number of phenols is 1. The second-order valence-corrected chi connectivity index (χ2v) is 7.39. The molecule has 0 aliphatic rings. The van der Waals surface area contributed by atoms with Gasteiger partial charge < -0.3 is 5.11 Å². The molecule has 0 unspecified atom stereocenters. The molecule has 0 bridgehead atoms. The van der Waals surface area contributed by atoms with E-state index < -0.39 is 15.9 Å². The Labute approximate surface area is 155 Å². The Kier molecular flexibility index (Phi) is 5.11. The van der Waals surface area contributed by atoms with E-state index in [4.69, 9.17) is 5.21 Å². The molecule has 0 atom stereocenters. The van der Waals surface area contributed by atoms with E-state index in [-0.39, 0.29) is 10.6 Å². The lowest BCUT2D eigenvalue weighted by Gasteiger charge is -2.13. The fraction of sp³-hybridized carbons (Fsp3) is 0. The predicted molar refractivity (Wildman–Crippen MR) is 99.5 cm³/mol. The van der Waals surface area contributed by atoms with Gasteiger partial charge in [0.15, 0.2) is 0 Å². The Hall–Kier alpha value is -3.36. The molecule has 1 heterocycles. The van der Waals surface area contributed by atoms with E-state index in [1.54, 1.807) is 36.4 Å². The number of phenolic OH excluding ortho intramolecular Hbond substituents is 1. The summed E-state index contributed by atoms with van der Waals surface area (Å²) >= 11 is 0. The molecular formula is C19H16N2O5S. The standard InChI is InChI=1S/C19H16N2O5S/c22-17-8-4-7-16(15-5-2-1-3-6-15)19(17)27(25,26)21-12-11-14(13-21)9-10-18(23)20-24/h1-13,22,24H,(H,20,23)/b10-9+. The first-order chi connectivity index (χ1) is 12.9. The van der Waals surface area contributed by atoms with Gasteiger partial charge in [0, 0.05) is 24.0 Å². The van der Waals surface area contributed by atoms with Crippen molar-refractivity contribution < 1.29 is 23.5 Å². The van der Waals surface area contributed by atoms with E-state index in [9.17, 15) is 18.3 Å². The number of hydroxylamine groups is 1. The average molecular weight is 384 g/mol. The van der Waals surface area contributed by atoms with Crippen molar-refractivity contribution in [1.82, 2.24) is 9.45 Å². The highest BCUT2D eigenvalue weighted by Gasteiger charge is 2.25. The zero-order valence-electron chi connectivity index (χ0n) is 14.0. The van der Waals surface area contributed by atoms with Crippen LogP contribution in [0.2, 0.25) is 0 Å². The molecule has 0 aliphatic carbocycles. The molecule has 3 N–H and O–H groups in total. The summed E-state index contributed by atoms with van der Waals surface area (Å²) in [4.78, 5) is 10.8. The normalized spacial score (nSPS) is 11.6. The van der Waals surface area contributed by atoms with E-state index in [0.29, 0.717) is 16.7 Å². The number of carbonyl (C=O) groups is 1. The van der Waals surface area contributed by atoms with Crippen LogP contribution in [0.3, 0.4) is 0 Å². The number of rotatable bonds is 5. The van der Waals surface area contributed by atoms with Crippen LogP contribution in [0, 0.1) is 0 Å². The lowest BCUT2D eigenvalue weighted by atomic mass is 10.1. The molecule has 3 aromatic rings. The Morgan fingerprint density at radius 1 is 1.04 bits per heavy atom. The van der Waals surface area contributed by atoms with E-state index >= 15 is 0 Å². The van der Waals surface area contributed by atoms with Crippen LogP contribution in [0.5, 0.6) is 5.75 Å². The van der Waals surface area contributed by atoms with Crippen LogP contribution in [-0.2, 0) is 14.8 Å². The Morgan fingerprint density at radius 2 is 1.78 bits per heavy atom. The van der Waals surface area contributed by atoms with Crippen LogP contribution >= 0.6 is 0 Å². The highest BCUT2D eigenvalue weighted by molar-refractivity contribution is 7.90. The number of hydrogen-bond acceptors (Lipinski definition) is 5. The third-order valence-corrected chi connectivity index (χ3v) is 5.57. The maximum absolute atomic E-state index is 13.1. The van der Waals surface area contributed by atoms with Crippen LogP contribution in [0.25, 0.3) is 17.2 Å². The molecule has 27 heavy (non-hydrogen) atoms. The van der Waals surface area contributed by atoms with Gasteiger partial charge in [-0.25, -0.2) is 17.9 Å². The van der Waals surface area contributed by atoms with Gasteiger partial charge in [0.1, 0.15) is 10.6 Å². The van der Waals surface area contributed by atoms with Gasteiger partial charge >= 0.3 is 0 Å². The predicted octanol–water partition coefficient (Wildman–Crippen LogP) is 2.62. The molecule has 7 nitrogen and oxygen atoms in total. The third-order valence-electron chi connectivity index (χ3n) is 3.84. The fourth-order valence-corrected chi connectivity index (χ4v) is 4.08. The molecule has 138 valence electrons. The highest BCUT2D eigenvalue weighted by atomic mass is 32.2. The highest BCUT2D eigenvalue weighted by Crippen LogP contribution is 2.35. The van der Waals surface area contributed by atoms with Gasteiger partial charge in [0.2, 0.25) is 0 Å². The average Bonchev–Trinajstić information content (AvgIpc) is 3.16. The number of carbonyl (C=O) groups excluding carboxylic acids is 1. The number of hydrogen-bond donors (Lipinski definition) is 3. The van der Waals surface area contributed by atoms with E-state index in [1.807, 2.05) is 6.07 Å². The second kappa shape index (κ2) is 7.48. The van der Waals surface area contributed by atoms with Crippen molar-refractivity contribution in [1.29, 1.82) is 0 Å². The lowest BCUT2D eigenvalue weighted by Crippen LogP contribution is -2.14. The minimum absolute atomic E-state index is 0.213. The van der Waals surface area contributed by atoms with Gasteiger partial charge in [-0.05, 0) is 29.3 Å². The molecule has 3 rings (SSSR count). The number of aromatic hydroxyl groups is 1. The molecule has 2 aromatic carbocycles. The SMILES string of the molecule is O=C(/C=C/c1ccn(S(=O)(=O)c2c(O)cccc2-c2ccccc2)c1)NO. The van der Waals surface area contributed by atoms with Crippen LogP contribution in [-0.4, -0.2) is 28.6 Å². The number of benzene rings is 2. The molecule has 8 heteroatoms. The number of nitrogens with one attached hydrogen (secondary N) is 1. The van der Waals surface area contributed by atoms with Gasteiger partial charge in [-0.3, -0.25) is 10.0 Å². The summed E-state index contributed by atoms with van der Waals surface area (Å²) in [5.74, 6) is -1.10. The molecule has 0 saturated heterocycles. The number of nitrogens with zero attached hydrogens (tertiary/aromatic N) is 1. The zero-order valence-corrected chi connectivity index (χ0v) is 14.8. The van der Waals surface area contributed by atoms with Crippen molar-refractivity contribution >= 4 is 22.0 Å². The van der Waals surface area contributed by atoms with Crippen LogP contribution in [0.4, 0.5) is 0 Å². The monoisotopic (exact) mass is 384 g/mol. The summed E-state index contributed by atoms with van der Waals surface area (Å²) in [7, 11) is -4.09. The van der Waals surface area contributed by atoms with Crippen LogP contribution < -0.4 is 5.48 Å². The number of aromatic nitrogens is 1. The molecule has 1 aromatic heterocycles. The quantitative estimate of drug-likeness (QED) is 0.356. The summed E-state index contributed by atoms with van der Waals surface area (Å²) in [6.45, 7) is 0. The minimum atomic E-state index is -4.09. The number of amides is 1. The maximum atomic E-state index is 13.1. The Bertz CT molecular complexity index is 1100. The van der Waals surface area contributed by atoms with Crippen LogP contribution in [0.1, 0.15) is 5.56 Å². The summed E-state index contributed by atoms with van der Waals surface area (Å²) in [6, 6.07) is 14.9.